The van der Waals surface area contributed by atoms with Gasteiger partial charge in [-0.2, -0.15) is 13.2 Å². The number of aromatic nitrogens is 3. The molecule has 3 aromatic heterocycles. The number of piperidine rings is 1. The summed E-state index contributed by atoms with van der Waals surface area (Å²) < 4.78 is 40.2. The molecule has 1 fully saturated rings. The number of nitrogens with zero attached hydrogens (tertiary/aromatic N) is 4. The number of alkyl halides is 3. The second kappa shape index (κ2) is 9.93. The fraction of sp³-hybridized carbons (Fsp3) is 0.259. The van der Waals surface area contributed by atoms with Gasteiger partial charge in [0, 0.05) is 49.2 Å². The van der Waals surface area contributed by atoms with Gasteiger partial charge in [0.05, 0.1) is 11.1 Å². The quantitative estimate of drug-likeness (QED) is 0.389. The lowest BCUT2D eigenvalue weighted by molar-refractivity contribution is -0.140. The Labute approximate surface area is 206 Å². The van der Waals surface area contributed by atoms with Gasteiger partial charge in [0.2, 0.25) is 0 Å². The van der Waals surface area contributed by atoms with Gasteiger partial charge in [-0.05, 0) is 48.6 Å². The first-order valence-electron chi connectivity index (χ1n) is 11.8. The maximum atomic E-state index is 13.4. The lowest BCUT2D eigenvalue weighted by Crippen LogP contribution is -2.40. The van der Waals surface area contributed by atoms with Gasteiger partial charge in [0.1, 0.15) is 11.5 Å². The molecular weight excluding hydrogens is 467 g/mol. The largest absolute Gasteiger partial charge is 0.433 e. The lowest BCUT2D eigenvalue weighted by atomic mass is 9.96. The zero-order valence-electron chi connectivity index (χ0n) is 19.4. The van der Waals surface area contributed by atoms with Crippen LogP contribution in [-0.4, -0.2) is 45.4 Å². The fourth-order valence-electron chi connectivity index (χ4n) is 4.50. The van der Waals surface area contributed by atoms with Gasteiger partial charge < -0.3 is 10.2 Å². The molecule has 0 radical (unpaired) electrons. The van der Waals surface area contributed by atoms with Crippen molar-refractivity contribution >= 4 is 22.6 Å². The van der Waals surface area contributed by atoms with E-state index >= 15 is 0 Å². The number of pyridine rings is 3. The smallest absolute Gasteiger partial charge is 0.369 e. The molecule has 1 aromatic carbocycles. The van der Waals surface area contributed by atoms with E-state index in [1.807, 2.05) is 35.2 Å². The highest BCUT2D eigenvalue weighted by atomic mass is 19.4. The fourth-order valence-corrected chi connectivity index (χ4v) is 4.50. The average Bonchev–Trinajstić information content (AvgIpc) is 2.91. The van der Waals surface area contributed by atoms with E-state index in [9.17, 15) is 18.0 Å². The number of carbonyl (C=O) groups is 1. The number of rotatable bonds is 5. The van der Waals surface area contributed by atoms with Crippen LogP contribution in [0.1, 0.15) is 28.9 Å². The number of benzene rings is 1. The van der Waals surface area contributed by atoms with E-state index in [1.165, 1.54) is 6.07 Å². The summed E-state index contributed by atoms with van der Waals surface area (Å²) in [4.78, 5) is 27.0. The van der Waals surface area contributed by atoms with E-state index in [0.29, 0.717) is 47.9 Å². The predicted molar refractivity (Wildman–Crippen MR) is 131 cm³/mol. The van der Waals surface area contributed by atoms with Crippen LogP contribution in [0.15, 0.2) is 73.2 Å². The van der Waals surface area contributed by atoms with E-state index in [1.54, 1.807) is 30.7 Å². The van der Waals surface area contributed by atoms with Gasteiger partial charge in [-0.3, -0.25) is 9.78 Å². The SMILES string of the molecule is O=C(c1cccnc1)N1CCC(CNc2ncc(-c3ccccc3)c3nc(C(F)(F)F)ccc23)CC1. The normalized spacial score (nSPS) is 14.7. The highest BCUT2D eigenvalue weighted by molar-refractivity contribution is 5.99. The molecule has 1 aliphatic rings. The number of likely N-dealkylation sites (tertiary alicyclic amines) is 1. The lowest BCUT2D eigenvalue weighted by Gasteiger charge is -2.32. The monoisotopic (exact) mass is 491 g/mol. The summed E-state index contributed by atoms with van der Waals surface area (Å²) in [7, 11) is 0. The van der Waals surface area contributed by atoms with Crippen LogP contribution in [0.3, 0.4) is 0 Å². The van der Waals surface area contributed by atoms with Crippen molar-refractivity contribution in [3.8, 4) is 11.1 Å². The molecule has 184 valence electrons. The highest BCUT2D eigenvalue weighted by Gasteiger charge is 2.33. The number of nitrogens with one attached hydrogen (secondary N) is 1. The minimum absolute atomic E-state index is 0.0230. The van der Waals surface area contributed by atoms with Crippen LogP contribution in [0, 0.1) is 5.92 Å². The maximum absolute atomic E-state index is 13.4. The average molecular weight is 492 g/mol. The van der Waals surface area contributed by atoms with Crippen molar-refractivity contribution in [2.75, 3.05) is 25.0 Å². The Hall–Kier alpha value is -4.01. The van der Waals surface area contributed by atoms with Crippen LogP contribution >= 0.6 is 0 Å². The van der Waals surface area contributed by atoms with Gasteiger partial charge in [-0.1, -0.05) is 30.3 Å². The van der Waals surface area contributed by atoms with Gasteiger partial charge >= 0.3 is 6.18 Å². The molecule has 1 amide bonds. The number of hydrogen-bond acceptors (Lipinski definition) is 5. The summed E-state index contributed by atoms with van der Waals surface area (Å²) >= 11 is 0. The molecule has 4 heterocycles. The number of fused-ring (bicyclic) bond motifs is 1. The standard InChI is InChI=1S/C27H24F3N5O/c28-27(29,30)23-9-8-21-24(34-23)22(19-5-2-1-3-6-19)17-33-25(21)32-15-18-10-13-35(14-11-18)26(36)20-7-4-12-31-16-20/h1-9,12,16-18H,10-11,13-15H2,(H,32,33). The molecule has 0 saturated carbocycles. The molecule has 6 nitrogen and oxygen atoms in total. The molecule has 0 spiro atoms. The number of hydrogen-bond donors (Lipinski definition) is 1. The van der Waals surface area contributed by atoms with Gasteiger partial charge in [-0.25, -0.2) is 9.97 Å². The Morgan fingerprint density at radius 2 is 1.78 bits per heavy atom. The van der Waals surface area contributed by atoms with Crippen molar-refractivity contribution in [3.05, 3.63) is 84.4 Å². The number of halogens is 3. The second-order valence-electron chi connectivity index (χ2n) is 8.84. The topological polar surface area (TPSA) is 71.0 Å². The Bertz CT molecular complexity index is 1350. The minimum Gasteiger partial charge on any atom is -0.369 e. The first-order chi connectivity index (χ1) is 17.4. The van der Waals surface area contributed by atoms with Crippen molar-refractivity contribution in [1.82, 2.24) is 19.9 Å². The van der Waals surface area contributed by atoms with Crippen molar-refractivity contribution < 1.29 is 18.0 Å². The van der Waals surface area contributed by atoms with Crippen LogP contribution in [-0.2, 0) is 6.18 Å². The molecule has 1 saturated heterocycles. The summed E-state index contributed by atoms with van der Waals surface area (Å²) in [6.07, 6.45) is 1.87. The van der Waals surface area contributed by atoms with Crippen molar-refractivity contribution in [2.45, 2.75) is 19.0 Å². The molecule has 9 heteroatoms. The van der Waals surface area contributed by atoms with Gasteiger partial charge in [-0.15, -0.1) is 0 Å². The zero-order chi connectivity index (χ0) is 25.1. The zero-order valence-corrected chi connectivity index (χ0v) is 19.4. The Morgan fingerprint density at radius 3 is 2.47 bits per heavy atom. The van der Waals surface area contributed by atoms with E-state index < -0.39 is 11.9 Å². The first-order valence-corrected chi connectivity index (χ1v) is 11.8. The molecule has 1 aliphatic heterocycles. The Morgan fingerprint density at radius 1 is 1.00 bits per heavy atom. The molecule has 0 aliphatic carbocycles. The first kappa shape index (κ1) is 23.7. The summed E-state index contributed by atoms with van der Waals surface area (Å²) in [5, 5.41) is 3.86. The van der Waals surface area contributed by atoms with Gasteiger partial charge in [0.25, 0.3) is 5.91 Å². The molecule has 36 heavy (non-hydrogen) atoms. The Kier molecular flexibility index (Phi) is 6.54. The summed E-state index contributed by atoms with van der Waals surface area (Å²) in [5.41, 5.74) is 1.19. The summed E-state index contributed by atoms with van der Waals surface area (Å²) in [6, 6.07) is 15.1. The van der Waals surface area contributed by atoms with Crippen LogP contribution in [0.2, 0.25) is 0 Å². The molecular formula is C27H24F3N5O. The van der Waals surface area contributed by atoms with E-state index in [4.69, 9.17) is 0 Å². The van der Waals surface area contributed by atoms with E-state index in [-0.39, 0.29) is 11.4 Å². The number of carbonyl (C=O) groups excluding carboxylic acids is 1. The van der Waals surface area contributed by atoms with Crippen LogP contribution in [0.4, 0.5) is 19.0 Å². The van der Waals surface area contributed by atoms with Crippen molar-refractivity contribution in [2.24, 2.45) is 5.92 Å². The third kappa shape index (κ3) is 5.00. The third-order valence-electron chi connectivity index (χ3n) is 6.47. The predicted octanol–water partition coefficient (Wildman–Crippen LogP) is 5.67. The summed E-state index contributed by atoms with van der Waals surface area (Å²) in [6.45, 7) is 1.87. The molecule has 0 atom stereocenters. The maximum Gasteiger partial charge on any atom is 0.433 e. The summed E-state index contributed by atoms with van der Waals surface area (Å²) in [5.74, 6) is 0.779. The Balaban J connectivity index is 1.33. The minimum atomic E-state index is -4.54. The molecule has 5 rings (SSSR count). The van der Waals surface area contributed by atoms with Crippen LogP contribution in [0.25, 0.3) is 22.0 Å². The van der Waals surface area contributed by atoms with Crippen LogP contribution in [0.5, 0.6) is 0 Å². The number of anilines is 1. The van der Waals surface area contributed by atoms with Gasteiger partial charge in [0.15, 0.2) is 0 Å². The second-order valence-corrected chi connectivity index (χ2v) is 8.84. The molecule has 0 bridgehead atoms. The van der Waals surface area contributed by atoms with E-state index in [2.05, 4.69) is 20.3 Å². The third-order valence-corrected chi connectivity index (χ3v) is 6.47. The number of amides is 1. The molecule has 0 unspecified atom stereocenters. The van der Waals surface area contributed by atoms with E-state index in [0.717, 1.165) is 24.5 Å². The van der Waals surface area contributed by atoms with Crippen LogP contribution < -0.4 is 5.32 Å². The van der Waals surface area contributed by atoms with Crippen molar-refractivity contribution in [3.63, 3.8) is 0 Å². The highest BCUT2D eigenvalue weighted by Crippen LogP contribution is 2.35. The molecule has 1 N–H and O–H groups in total. The molecule has 4 aromatic rings. The van der Waals surface area contributed by atoms with Crippen molar-refractivity contribution in [1.29, 1.82) is 0 Å².